The quantitative estimate of drug-likeness (QED) is 0.616. The smallest absolute Gasteiger partial charge is 0.238 e. The molecule has 0 heterocycles. The summed E-state index contributed by atoms with van der Waals surface area (Å²) in [6, 6.07) is 12.9. The molecule has 1 aliphatic carbocycles. The number of hydrogen-bond acceptors (Lipinski definition) is 5. The van der Waals surface area contributed by atoms with E-state index in [-0.39, 0.29) is 5.41 Å². The Hall–Kier alpha value is -3.06. The summed E-state index contributed by atoms with van der Waals surface area (Å²) in [7, 11) is 3.03. The molecule has 3 atom stereocenters. The molecule has 0 fully saturated rings. The fourth-order valence-electron chi connectivity index (χ4n) is 3.94. The first-order chi connectivity index (χ1) is 15.3. The van der Waals surface area contributed by atoms with E-state index in [1.54, 1.807) is 25.3 Å². The molecule has 1 amide bonds. The van der Waals surface area contributed by atoms with Gasteiger partial charge in [0.05, 0.1) is 32.1 Å². The van der Waals surface area contributed by atoms with Crippen molar-refractivity contribution in [2.24, 2.45) is 11.1 Å². The Bertz CT molecular complexity index is 1060. The minimum atomic E-state index is -1.66. The van der Waals surface area contributed by atoms with Crippen molar-refractivity contribution >= 4 is 16.7 Å². The van der Waals surface area contributed by atoms with Crippen molar-refractivity contribution in [1.29, 1.82) is 0 Å². The van der Waals surface area contributed by atoms with Crippen molar-refractivity contribution < 1.29 is 23.2 Å². The summed E-state index contributed by atoms with van der Waals surface area (Å²) in [4.78, 5) is 13.1. The highest BCUT2D eigenvalue weighted by molar-refractivity contribution is 7.90. The Morgan fingerprint density at radius 1 is 1.06 bits per heavy atom. The largest absolute Gasteiger partial charge is 0.497 e. The van der Waals surface area contributed by atoms with Crippen LogP contribution in [0.5, 0.6) is 17.2 Å². The lowest BCUT2D eigenvalue weighted by molar-refractivity contribution is -0.117. The highest BCUT2D eigenvalue weighted by Gasteiger charge is 2.33. The summed E-state index contributed by atoms with van der Waals surface area (Å²) in [6.07, 6.45) is 7.11. The van der Waals surface area contributed by atoms with Crippen LogP contribution in [0.2, 0.25) is 0 Å². The lowest BCUT2D eigenvalue weighted by Gasteiger charge is -2.31. The maximum atomic E-state index is 13.6. The molecule has 0 saturated heterocycles. The van der Waals surface area contributed by atoms with E-state index >= 15 is 0 Å². The van der Waals surface area contributed by atoms with E-state index in [4.69, 9.17) is 19.9 Å². The molecule has 7 heteroatoms. The predicted molar refractivity (Wildman–Crippen MR) is 126 cm³/mol. The van der Waals surface area contributed by atoms with E-state index in [0.717, 1.165) is 17.7 Å². The molecule has 6 nitrogen and oxygen atoms in total. The molecular weight excluding hydrogens is 426 g/mol. The van der Waals surface area contributed by atoms with Crippen molar-refractivity contribution in [3.05, 3.63) is 76.7 Å². The molecule has 0 spiro atoms. The van der Waals surface area contributed by atoms with Crippen LogP contribution < -0.4 is 19.9 Å². The first kappa shape index (κ1) is 23.6. The zero-order valence-electron chi connectivity index (χ0n) is 18.8. The molecule has 3 rings (SSSR count). The van der Waals surface area contributed by atoms with Crippen LogP contribution in [0.15, 0.2) is 65.6 Å². The number of nitrogens with two attached hydrogens (primary N) is 1. The number of allylic oxidation sites excluding steroid dienone is 4. The van der Waals surface area contributed by atoms with Gasteiger partial charge in [-0.05, 0) is 53.6 Å². The van der Waals surface area contributed by atoms with Crippen LogP contribution in [-0.4, -0.2) is 31.4 Å². The zero-order chi connectivity index (χ0) is 23.3. The highest BCUT2D eigenvalue weighted by Crippen LogP contribution is 2.40. The van der Waals surface area contributed by atoms with E-state index in [1.807, 2.05) is 36.4 Å². The number of benzene rings is 2. The average molecular weight is 456 g/mol. The third-order valence-corrected chi connectivity index (χ3v) is 7.24. The van der Waals surface area contributed by atoms with Gasteiger partial charge < -0.3 is 19.9 Å². The molecule has 0 saturated carbocycles. The molecule has 32 heavy (non-hydrogen) atoms. The highest BCUT2D eigenvalue weighted by atomic mass is 32.2. The normalized spacial score (nSPS) is 19.6. The van der Waals surface area contributed by atoms with Gasteiger partial charge in [0, 0.05) is 11.0 Å². The molecule has 0 bridgehead atoms. The summed E-state index contributed by atoms with van der Waals surface area (Å²) in [6.45, 7) is 2.11. The van der Waals surface area contributed by atoms with Crippen LogP contribution in [0.3, 0.4) is 0 Å². The number of rotatable bonds is 9. The molecule has 1 aliphatic rings. The Kier molecular flexibility index (Phi) is 7.40. The number of hydrogen-bond donors (Lipinski definition) is 1. The fraction of sp³-hybridized carbons (Fsp3) is 0.320. The van der Waals surface area contributed by atoms with Crippen molar-refractivity contribution in [2.75, 3.05) is 21.3 Å². The van der Waals surface area contributed by atoms with Crippen LogP contribution in [-0.2, 0) is 22.0 Å². The molecule has 2 N–H and O–H groups in total. The van der Waals surface area contributed by atoms with Crippen LogP contribution >= 0.6 is 0 Å². The fourth-order valence-corrected chi connectivity index (χ4v) is 5.52. The maximum Gasteiger partial charge on any atom is 0.238 e. The number of primary amides is 1. The van der Waals surface area contributed by atoms with Gasteiger partial charge in [0.2, 0.25) is 5.91 Å². The van der Waals surface area contributed by atoms with Crippen LogP contribution in [0.4, 0.5) is 0 Å². The van der Waals surface area contributed by atoms with Crippen LogP contribution in [0.25, 0.3) is 0 Å². The number of methoxy groups -OCH3 is 3. The second kappa shape index (κ2) is 10.0. The zero-order valence-corrected chi connectivity index (χ0v) is 19.6. The Balaban J connectivity index is 1.87. The second-order valence-electron chi connectivity index (χ2n) is 8.08. The van der Waals surface area contributed by atoms with Gasteiger partial charge in [0.1, 0.15) is 22.5 Å². The summed E-state index contributed by atoms with van der Waals surface area (Å²) in [5.74, 6) is 1.14. The number of ether oxygens (including phenoxy) is 3. The summed E-state index contributed by atoms with van der Waals surface area (Å²) in [5.41, 5.74) is 7.06. The Labute approximate surface area is 191 Å². The van der Waals surface area contributed by atoms with Gasteiger partial charge in [-0.3, -0.25) is 9.00 Å². The van der Waals surface area contributed by atoms with Gasteiger partial charge in [-0.25, -0.2) is 0 Å². The first-order valence-electron chi connectivity index (χ1n) is 10.2. The lowest BCUT2D eigenvalue weighted by Crippen LogP contribution is -2.28. The lowest BCUT2D eigenvalue weighted by atomic mass is 9.78. The van der Waals surface area contributed by atoms with Gasteiger partial charge in [-0.15, -0.1) is 0 Å². The van der Waals surface area contributed by atoms with Gasteiger partial charge in [0.25, 0.3) is 0 Å². The monoisotopic (exact) mass is 455 g/mol. The standard InChI is InChI=1S/C25H29NO5S/c1-25(15-17-7-5-8-19(11-17)29-2)10-6-9-22(16-25)32(28)23(24(26)27)18-12-20(30-3)14-21(13-18)31-4/h5-14,23H,15-16H2,1-4H3,(H2,26,27). The third-order valence-electron chi connectivity index (χ3n) is 5.51. The number of carbonyl (C=O) groups is 1. The molecule has 0 aliphatic heterocycles. The SMILES string of the molecule is COc1cccc(CC2(C)C=CC=C(S(=O)C(C(N)=O)c3cc(OC)cc(OC)c3)C2)c1. The topological polar surface area (TPSA) is 87.9 Å². The minimum Gasteiger partial charge on any atom is -0.497 e. The van der Waals surface area contributed by atoms with Crippen molar-refractivity contribution in [1.82, 2.24) is 0 Å². The Morgan fingerprint density at radius 3 is 2.31 bits per heavy atom. The molecule has 0 aromatic heterocycles. The summed E-state index contributed by atoms with van der Waals surface area (Å²) < 4.78 is 29.5. The van der Waals surface area contributed by atoms with Gasteiger partial charge in [0.15, 0.2) is 0 Å². The van der Waals surface area contributed by atoms with E-state index in [9.17, 15) is 9.00 Å². The predicted octanol–water partition coefficient (Wildman–Crippen LogP) is 4.08. The molecule has 0 radical (unpaired) electrons. The van der Waals surface area contributed by atoms with Crippen molar-refractivity contribution in [3.63, 3.8) is 0 Å². The molecule has 2 aromatic carbocycles. The van der Waals surface area contributed by atoms with E-state index in [0.29, 0.717) is 28.4 Å². The van der Waals surface area contributed by atoms with Crippen LogP contribution in [0, 0.1) is 5.41 Å². The average Bonchev–Trinajstić information content (AvgIpc) is 2.78. The minimum absolute atomic E-state index is 0.264. The molecule has 2 aromatic rings. The van der Waals surface area contributed by atoms with E-state index < -0.39 is 22.0 Å². The summed E-state index contributed by atoms with van der Waals surface area (Å²) >= 11 is 0. The van der Waals surface area contributed by atoms with E-state index in [2.05, 4.69) is 13.0 Å². The van der Waals surface area contributed by atoms with Gasteiger partial charge in [-0.2, -0.15) is 0 Å². The third kappa shape index (κ3) is 5.40. The van der Waals surface area contributed by atoms with Crippen molar-refractivity contribution in [3.8, 4) is 17.2 Å². The van der Waals surface area contributed by atoms with E-state index in [1.165, 1.54) is 14.2 Å². The maximum absolute atomic E-state index is 13.6. The number of amides is 1. The Morgan fingerprint density at radius 2 is 1.72 bits per heavy atom. The van der Waals surface area contributed by atoms with Gasteiger partial charge in [-0.1, -0.05) is 37.3 Å². The summed E-state index contributed by atoms with van der Waals surface area (Å²) in [5, 5.41) is -1.02. The molecule has 3 unspecified atom stereocenters. The molecular formula is C25H29NO5S. The van der Waals surface area contributed by atoms with Gasteiger partial charge >= 0.3 is 0 Å². The second-order valence-corrected chi connectivity index (χ2v) is 9.67. The number of carbonyl (C=O) groups excluding carboxylic acids is 1. The first-order valence-corrected chi connectivity index (χ1v) is 11.4. The molecule has 170 valence electrons. The van der Waals surface area contributed by atoms with Crippen LogP contribution in [0.1, 0.15) is 29.7 Å². The van der Waals surface area contributed by atoms with Crippen molar-refractivity contribution in [2.45, 2.75) is 25.0 Å².